The quantitative estimate of drug-likeness (QED) is 0.446. The highest BCUT2D eigenvalue weighted by molar-refractivity contribution is 8.14. The van der Waals surface area contributed by atoms with Crippen molar-refractivity contribution in [2.75, 3.05) is 18.2 Å². The van der Waals surface area contributed by atoms with Crippen LogP contribution in [0.15, 0.2) is 82.8 Å². The Balaban J connectivity index is 1.27. The second kappa shape index (κ2) is 11.5. The largest absolute Gasteiger partial charge is 0.497 e. The maximum atomic E-state index is 13.4. The second-order valence-corrected chi connectivity index (χ2v) is 9.67. The van der Waals surface area contributed by atoms with Crippen molar-refractivity contribution >= 4 is 51.9 Å². The molecule has 9 nitrogen and oxygen atoms in total. The summed E-state index contributed by atoms with van der Waals surface area (Å²) in [6.45, 7) is 0.202. The minimum Gasteiger partial charge on any atom is -0.497 e. The third kappa shape index (κ3) is 5.99. The van der Waals surface area contributed by atoms with E-state index in [1.54, 1.807) is 49.6 Å². The molecule has 2 aliphatic rings. The van der Waals surface area contributed by atoms with E-state index < -0.39 is 11.9 Å². The van der Waals surface area contributed by atoms with Crippen LogP contribution < -0.4 is 15.4 Å². The van der Waals surface area contributed by atoms with Crippen molar-refractivity contribution in [1.29, 1.82) is 0 Å². The molecule has 0 radical (unpaired) electrons. The number of benzene rings is 3. The van der Waals surface area contributed by atoms with Crippen LogP contribution >= 0.6 is 11.8 Å². The van der Waals surface area contributed by atoms with E-state index in [9.17, 15) is 18.8 Å². The first kappa shape index (κ1) is 26.1. The van der Waals surface area contributed by atoms with E-state index in [1.807, 2.05) is 18.2 Å². The molecule has 39 heavy (non-hydrogen) atoms. The van der Waals surface area contributed by atoms with Gasteiger partial charge in [-0.1, -0.05) is 42.1 Å². The lowest BCUT2D eigenvalue weighted by Crippen LogP contribution is -2.42. The molecule has 11 heteroatoms. The molecule has 0 saturated carbocycles. The lowest BCUT2D eigenvalue weighted by molar-refractivity contribution is -0.128. The van der Waals surface area contributed by atoms with Gasteiger partial charge in [-0.3, -0.25) is 19.4 Å². The topological polar surface area (TPSA) is 112 Å². The van der Waals surface area contributed by atoms with Gasteiger partial charge in [0.2, 0.25) is 11.8 Å². The molecule has 2 heterocycles. The van der Waals surface area contributed by atoms with Crippen LogP contribution in [0, 0.1) is 5.82 Å². The summed E-state index contributed by atoms with van der Waals surface area (Å²) in [5.74, 6) is -0.380. The van der Waals surface area contributed by atoms with Gasteiger partial charge in [0.05, 0.1) is 25.0 Å². The molecule has 0 fully saturated rings. The van der Waals surface area contributed by atoms with Crippen LogP contribution in [0.1, 0.15) is 17.5 Å². The number of hydrogen-bond donors (Lipinski definition) is 2. The summed E-state index contributed by atoms with van der Waals surface area (Å²) in [6.07, 6.45) is -0.156. The van der Waals surface area contributed by atoms with E-state index in [1.165, 1.54) is 17.0 Å². The summed E-state index contributed by atoms with van der Waals surface area (Å²) in [5.41, 5.74) is 2.61. The highest BCUT2D eigenvalue weighted by Gasteiger charge is 2.42. The number of thioether (sulfide) groups is 1. The Kier molecular flexibility index (Phi) is 7.69. The average molecular weight is 546 g/mol. The van der Waals surface area contributed by atoms with Gasteiger partial charge in [0.25, 0.3) is 5.91 Å². The molecule has 0 saturated heterocycles. The van der Waals surface area contributed by atoms with Gasteiger partial charge >= 0.3 is 0 Å². The Labute approximate surface area is 228 Å². The Morgan fingerprint density at radius 2 is 1.85 bits per heavy atom. The molecule has 1 atom stereocenters. The molecule has 198 valence electrons. The van der Waals surface area contributed by atoms with Gasteiger partial charge in [0.1, 0.15) is 23.4 Å². The minimum atomic E-state index is -0.934. The van der Waals surface area contributed by atoms with E-state index in [4.69, 9.17) is 4.74 Å². The fourth-order valence-electron chi connectivity index (χ4n) is 4.11. The van der Waals surface area contributed by atoms with E-state index in [2.05, 4.69) is 20.6 Å². The van der Waals surface area contributed by atoms with Gasteiger partial charge in [-0.2, -0.15) is 0 Å². The predicted octanol–water partition coefficient (Wildman–Crippen LogP) is 3.87. The normalized spacial score (nSPS) is 15.6. The molecule has 0 unspecified atom stereocenters. The molecule has 0 aliphatic carbocycles. The van der Waals surface area contributed by atoms with Crippen molar-refractivity contribution in [3.05, 3.63) is 89.7 Å². The highest BCUT2D eigenvalue weighted by atomic mass is 32.2. The Morgan fingerprint density at radius 1 is 1.05 bits per heavy atom. The standard InChI is InChI=1S/C28H24FN5O4S/c1-38-20-6-4-5-19(13-20)31-25(36)16-39-28-33-22-8-3-2-7-21(22)26-32-23(27(37)34(26)28)14-24(35)30-15-17-9-11-18(29)12-10-17/h2-13,23H,14-16H2,1H3,(H,30,35)(H,31,36)/t23-/m0/s1. The van der Waals surface area contributed by atoms with Crippen LogP contribution in [-0.2, 0) is 20.9 Å². The molecular formula is C28H24FN5O4S. The van der Waals surface area contributed by atoms with Crippen LogP contribution in [-0.4, -0.2) is 52.5 Å². The summed E-state index contributed by atoms with van der Waals surface area (Å²) in [6, 6.07) is 19.1. The summed E-state index contributed by atoms with van der Waals surface area (Å²) in [4.78, 5) is 49.3. The van der Waals surface area contributed by atoms with E-state index in [-0.39, 0.29) is 36.4 Å². The van der Waals surface area contributed by atoms with Gasteiger partial charge in [0, 0.05) is 23.9 Å². The zero-order valence-corrected chi connectivity index (χ0v) is 21.7. The zero-order valence-electron chi connectivity index (χ0n) is 20.9. The van der Waals surface area contributed by atoms with Gasteiger partial charge in [-0.25, -0.2) is 14.3 Å². The lowest BCUT2D eigenvalue weighted by Gasteiger charge is -2.25. The summed E-state index contributed by atoms with van der Waals surface area (Å²) in [7, 11) is 1.55. The number of ether oxygens (including phenoxy) is 1. The number of anilines is 1. The van der Waals surface area contributed by atoms with Crippen molar-refractivity contribution < 1.29 is 23.5 Å². The van der Waals surface area contributed by atoms with Gasteiger partial charge in [-0.15, -0.1) is 0 Å². The van der Waals surface area contributed by atoms with Crippen molar-refractivity contribution in [1.82, 2.24) is 10.2 Å². The van der Waals surface area contributed by atoms with E-state index in [0.29, 0.717) is 33.7 Å². The molecule has 0 aromatic heterocycles. The number of hydrogen-bond acceptors (Lipinski definition) is 7. The summed E-state index contributed by atoms with van der Waals surface area (Å²) >= 11 is 1.11. The summed E-state index contributed by atoms with van der Waals surface area (Å²) < 4.78 is 18.3. The molecular weight excluding hydrogens is 521 g/mol. The number of amidine groups is 2. The van der Waals surface area contributed by atoms with Crippen LogP contribution in [0.25, 0.3) is 0 Å². The van der Waals surface area contributed by atoms with Crippen molar-refractivity contribution in [3.8, 4) is 5.75 Å². The molecule has 3 aromatic carbocycles. The van der Waals surface area contributed by atoms with Crippen LogP contribution in [0.4, 0.5) is 15.8 Å². The van der Waals surface area contributed by atoms with Crippen molar-refractivity contribution in [3.63, 3.8) is 0 Å². The monoisotopic (exact) mass is 545 g/mol. The van der Waals surface area contributed by atoms with Gasteiger partial charge < -0.3 is 15.4 Å². The van der Waals surface area contributed by atoms with Crippen LogP contribution in [0.3, 0.4) is 0 Å². The van der Waals surface area contributed by atoms with Crippen molar-refractivity contribution in [2.45, 2.75) is 19.0 Å². The maximum absolute atomic E-state index is 13.4. The third-order valence-electron chi connectivity index (χ3n) is 6.02. The Morgan fingerprint density at radius 3 is 2.64 bits per heavy atom. The SMILES string of the molecule is COc1cccc(NC(=O)CSC2=Nc3ccccc3C3=N[C@@H](CC(=O)NCc4ccc(F)cc4)C(=O)N23)c1. The molecule has 2 N–H and O–H groups in total. The molecule has 0 spiro atoms. The molecule has 2 aliphatic heterocycles. The second-order valence-electron chi connectivity index (χ2n) is 8.73. The zero-order chi connectivity index (χ0) is 27.4. The molecule has 3 amide bonds. The lowest BCUT2D eigenvalue weighted by atomic mass is 10.1. The minimum absolute atomic E-state index is 0.00189. The number of fused-ring (bicyclic) bond motifs is 3. The number of methoxy groups -OCH3 is 1. The first-order valence-corrected chi connectivity index (χ1v) is 13.1. The molecule has 3 aromatic rings. The van der Waals surface area contributed by atoms with Gasteiger partial charge in [-0.05, 0) is 42.0 Å². The predicted molar refractivity (Wildman–Crippen MR) is 148 cm³/mol. The average Bonchev–Trinajstić information content (AvgIpc) is 3.27. The van der Waals surface area contributed by atoms with Crippen molar-refractivity contribution in [2.24, 2.45) is 9.98 Å². The first-order chi connectivity index (χ1) is 18.9. The first-order valence-electron chi connectivity index (χ1n) is 12.1. The third-order valence-corrected chi connectivity index (χ3v) is 6.95. The maximum Gasteiger partial charge on any atom is 0.259 e. The Hall–Kier alpha value is -4.51. The smallest absolute Gasteiger partial charge is 0.259 e. The van der Waals surface area contributed by atoms with E-state index >= 15 is 0 Å². The van der Waals surface area contributed by atoms with Crippen LogP contribution in [0.2, 0.25) is 0 Å². The number of nitrogens with one attached hydrogen (secondary N) is 2. The number of amides is 3. The number of nitrogens with zero attached hydrogens (tertiary/aromatic N) is 3. The fraction of sp³-hybridized carbons (Fsp3) is 0.179. The fourth-order valence-corrected chi connectivity index (χ4v) is 4.91. The summed E-state index contributed by atoms with van der Waals surface area (Å²) in [5, 5.41) is 5.87. The Bertz CT molecular complexity index is 1490. The number of carbonyl (C=O) groups excluding carboxylic acids is 3. The number of halogens is 1. The number of aliphatic imine (C=N–C) groups is 2. The molecule has 0 bridgehead atoms. The highest BCUT2D eigenvalue weighted by Crippen LogP contribution is 2.34. The van der Waals surface area contributed by atoms with Gasteiger partial charge in [0.15, 0.2) is 5.17 Å². The molecule has 5 rings (SSSR count). The number of para-hydroxylation sites is 1. The van der Waals surface area contributed by atoms with Crippen LogP contribution in [0.5, 0.6) is 5.75 Å². The number of carbonyl (C=O) groups is 3. The van der Waals surface area contributed by atoms with E-state index in [0.717, 1.165) is 17.3 Å². The number of rotatable bonds is 8.